The highest BCUT2D eigenvalue weighted by Crippen LogP contribution is 2.47. The van der Waals surface area contributed by atoms with Crippen LogP contribution in [0.25, 0.3) is 10.8 Å². The zero-order valence-electron chi connectivity index (χ0n) is 22.2. The number of aromatic amines is 1. The second kappa shape index (κ2) is 12.3. The highest BCUT2D eigenvalue weighted by molar-refractivity contribution is 7.52. The molecule has 1 aromatic heterocycles. The fourth-order valence-electron chi connectivity index (χ4n) is 4.94. The van der Waals surface area contributed by atoms with Crippen molar-refractivity contribution in [3.63, 3.8) is 0 Å². The van der Waals surface area contributed by atoms with Crippen LogP contribution >= 0.6 is 7.75 Å². The van der Waals surface area contributed by atoms with Crippen molar-refractivity contribution in [2.24, 2.45) is 0 Å². The van der Waals surface area contributed by atoms with Crippen LogP contribution in [-0.4, -0.2) is 51.6 Å². The van der Waals surface area contributed by atoms with Gasteiger partial charge in [-0.1, -0.05) is 36.4 Å². The molecule has 14 heteroatoms. The zero-order chi connectivity index (χ0) is 29.1. The number of esters is 1. The van der Waals surface area contributed by atoms with E-state index in [9.17, 15) is 28.4 Å². The summed E-state index contributed by atoms with van der Waals surface area (Å²) in [5, 5.41) is 14.7. The SMILES string of the molecule is C[C@H](NP(=O)(OC[C@H]1O[C@@H](n2cc(F)c(=O)[nH]c2=O)C[C@@H]1O)Oc1cccc2ccccc12)C(=O)OC1CCCC1. The van der Waals surface area contributed by atoms with Crippen LogP contribution in [-0.2, 0) is 23.4 Å². The predicted molar refractivity (Wildman–Crippen MR) is 145 cm³/mol. The van der Waals surface area contributed by atoms with Crippen molar-refractivity contribution in [3.05, 3.63) is 75.3 Å². The Hall–Kier alpha value is -3.35. The molecule has 5 atom stereocenters. The van der Waals surface area contributed by atoms with Gasteiger partial charge in [0, 0.05) is 11.8 Å². The van der Waals surface area contributed by atoms with Gasteiger partial charge in [0.2, 0.25) is 5.82 Å². The van der Waals surface area contributed by atoms with Crippen molar-refractivity contribution >= 4 is 24.5 Å². The molecule has 3 N–H and O–H groups in total. The van der Waals surface area contributed by atoms with E-state index in [1.165, 1.54) is 6.92 Å². The summed E-state index contributed by atoms with van der Waals surface area (Å²) in [4.78, 5) is 38.1. The van der Waals surface area contributed by atoms with Crippen molar-refractivity contribution in [3.8, 4) is 5.75 Å². The zero-order valence-corrected chi connectivity index (χ0v) is 23.1. The van der Waals surface area contributed by atoms with Gasteiger partial charge in [-0.2, -0.15) is 9.48 Å². The molecule has 2 aliphatic rings. The smallest absolute Gasteiger partial charge is 0.459 e. The van der Waals surface area contributed by atoms with Crippen LogP contribution in [0.15, 0.2) is 58.3 Å². The number of aromatic nitrogens is 2. The number of benzene rings is 2. The Bertz CT molecular complexity index is 1570. The molecule has 2 aromatic carbocycles. The second-order valence-corrected chi connectivity index (χ2v) is 11.8. The van der Waals surface area contributed by atoms with Gasteiger partial charge in [-0.25, -0.2) is 9.36 Å². The first kappa shape index (κ1) is 29.2. The summed E-state index contributed by atoms with van der Waals surface area (Å²) in [5.74, 6) is -1.58. The average Bonchev–Trinajstić information content (AvgIpc) is 3.59. The van der Waals surface area contributed by atoms with Crippen molar-refractivity contribution in [1.82, 2.24) is 14.6 Å². The largest absolute Gasteiger partial charge is 0.461 e. The molecule has 2 heterocycles. The van der Waals surface area contributed by atoms with Gasteiger partial charge in [-0.05, 0) is 44.1 Å². The molecule has 0 spiro atoms. The minimum absolute atomic E-state index is 0.133. The third-order valence-electron chi connectivity index (χ3n) is 7.11. The number of rotatable bonds is 10. The molecular formula is C27H31FN3O9P. The number of ether oxygens (including phenoxy) is 2. The molecule has 3 aromatic rings. The van der Waals surface area contributed by atoms with Gasteiger partial charge in [0.15, 0.2) is 0 Å². The van der Waals surface area contributed by atoms with Crippen LogP contribution < -0.4 is 20.9 Å². The summed E-state index contributed by atoms with van der Waals surface area (Å²) in [6.45, 7) is 1.01. The number of nitrogens with one attached hydrogen (secondary N) is 2. The molecule has 41 heavy (non-hydrogen) atoms. The van der Waals surface area contributed by atoms with Crippen molar-refractivity contribution < 1.29 is 37.4 Å². The Balaban J connectivity index is 1.34. The number of hydrogen-bond donors (Lipinski definition) is 3. The summed E-state index contributed by atoms with van der Waals surface area (Å²) in [6, 6.07) is 11.4. The van der Waals surface area contributed by atoms with E-state index in [0.29, 0.717) is 11.6 Å². The van der Waals surface area contributed by atoms with E-state index in [2.05, 4.69) is 5.09 Å². The lowest BCUT2D eigenvalue weighted by atomic mass is 10.1. The average molecular weight is 592 g/mol. The van der Waals surface area contributed by atoms with Crippen LogP contribution in [0.2, 0.25) is 0 Å². The first-order valence-electron chi connectivity index (χ1n) is 13.4. The van der Waals surface area contributed by atoms with Crippen LogP contribution in [0.5, 0.6) is 5.75 Å². The van der Waals surface area contributed by atoms with Crippen molar-refractivity contribution in [2.45, 2.75) is 69.6 Å². The maximum Gasteiger partial charge on any atom is 0.459 e. The van der Waals surface area contributed by atoms with Gasteiger partial charge < -0.3 is 19.1 Å². The van der Waals surface area contributed by atoms with E-state index in [1.807, 2.05) is 23.2 Å². The van der Waals surface area contributed by atoms with E-state index in [1.54, 1.807) is 24.3 Å². The molecule has 1 saturated carbocycles. The molecule has 0 amide bonds. The van der Waals surface area contributed by atoms with Gasteiger partial charge in [-0.3, -0.25) is 23.7 Å². The monoisotopic (exact) mass is 591 g/mol. The third kappa shape index (κ3) is 6.77. The maximum atomic E-state index is 14.1. The normalized spacial score (nSPS) is 23.3. The van der Waals surface area contributed by atoms with Crippen LogP contribution in [0.1, 0.15) is 45.3 Å². The number of fused-ring (bicyclic) bond motifs is 1. The molecule has 1 unspecified atom stereocenters. The number of aliphatic hydroxyl groups is 1. The molecule has 1 aliphatic carbocycles. The minimum atomic E-state index is -4.31. The topological polar surface area (TPSA) is 158 Å². The first-order valence-corrected chi connectivity index (χ1v) is 14.9. The quantitative estimate of drug-likeness (QED) is 0.236. The van der Waals surface area contributed by atoms with Crippen molar-refractivity contribution in [2.75, 3.05) is 6.61 Å². The van der Waals surface area contributed by atoms with Crippen molar-refractivity contribution in [1.29, 1.82) is 0 Å². The summed E-state index contributed by atoms with van der Waals surface area (Å²) in [6.07, 6.45) is 0.393. The molecule has 0 radical (unpaired) electrons. The number of halogens is 1. The Morgan fingerprint density at radius 3 is 2.73 bits per heavy atom. The number of H-pyrrole nitrogens is 1. The minimum Gasteiger partial charge on any atom is -0.461 e. The number of hydrogen-bond acceptors (Lipinski definition) is 9. The lowest BCUT2D eigenvalue weighted by Gasteiger charge is -2.25. The molecule has 5 rings (SSSR count). The Kier molecular flexibility index (Phi) is 8.71. The Morgan fingerprint density at radius 1 is 1.22 bits per heavy atom. The molecule has 1 aliphatic heterocycles. The van der Waals surface area contributed by atoms with E-state index in [-0.39, 0.29) is 18.3 Å². The van der Waals surface area contributed by atoms with Crippen LogP contribution in [0, 0.1) is 5.82 Å². The van der Waals surface area contributed by atoms with Gasteiger partial charge in [-0.15, -0.1) is 0 Å². The summed E-state index contributed by atoms with van der Waals surface area (Å²) >= 11 is 0. The number of nitrogens with zero attached hydrogens (tertiary/aromatic N) is 1. The van der Waals surface area contributed by atoms with E-state index in [0.717, 1.165) is 35.6 Å². The molecule has 2 fully saturated rings. The van der Waals surface area contributed by atoms with Gasteiger partial charge >= 0.3 is 19.4 Å². The highest BCUT2D eigenvalue weighted by Gasteiger charge is 2.40. The standard InChI is InChI=1S/C27H31FN3O9P/c1-16(26(34)38-18-9-3-4-10-18)30-41(36,40-22-12-6-8-17-7-2-5-11-19(17)22)37-15-23-21(32)13-24(39-23)31-14-20(28)25(33)29-27(31)35/h2,5-8,11-12,14,16,18,21,23-24,32H,3-4,9-10,13,15H2,1H3,(H,30,36)(H,29,33,35)/t16-,21-,23+,24+,41?/m0/s1. The molecule has 12 nitrogen and oxygen atoms in total. The van der Waals surface area contributed by atoms with E-state index >= 15 is 0 Å². The highest BCUT2D eigenvalue weighted by atomic mass is 31.2. The molecule has 220 valence electrons. The molecule has 0 bridgehead atoms. The second-order valence-electron chi connectivity index (χ2n) is 10.1. The molecule has 1 saturated heterocycles. The lowest BCUT2D eigenvalue weighted by molar-refractivity contribution is -0.150. The summed E-state index contributed by atoms with van der Waals surface area (Å²) in [5.41, 5.74) is -2.10. The maximum absolute atomic E-state index is 14.1. The van der Waals surface area contributed by atoms with Gasteiger partial charge in [0.1, 0.15) is 30.2 Å². The number of aliphatic hydroxyl groups excluding tert-OH is 1. The van der Waals surface area contributed by atoms with Gasteiger partial charge in [0.05, 0.1) is 18.9 Å². The molecular weight excluding hydrogens is 560 g/mol. The van der Waals surface area contributed by atoms with Gasteiger partial charge in [0.25, 0.3) is 5.56 Å². The Morgan fingerprint density at radius 2 is 1.95 bits per heavy atom. The summed E-state index contributed by atoms with van der Waals surface area (Å²) < 4.78 is 51.5. The third-order valence-corrected chi connectivity index (χ3v) is 8.74. The first-order chi connectivity index (χ1) is 19.6. The van der Waals surface area contributed by atoms with Crippen LogP contribution in [0.3, 0.4) is 0 Å². The number of carbonyl (C=O) groups excluding carboxylic acids is 1. The fourth-order valence-corrected chi connectivity index (χ4v) is 6.46. The Labute approximate surface area is 234 Å². The number of carbonyl (C=O) groups is 1. The van der Waals surface area contributed by atoms with Crippen LogP contribution in [0.4, 0.5) is 4.39 Å². The lowest BCUT2D eigenvalue weighted by Crippen LogP contribution is -2.37. The van der Waals surface area contributed by atoms with E-state index in [4.69, 9.17) is 18.5 Å². The predicted octanol–water partition coefficient (Wildman–Crippen LogP) is 3.14. The fraction of sp³-hybridized carbons (Fsp3) is 0.444. The van der Waals surface area contributed by atoms with E-state index < -0.39 is 61.9 Å². The summed E-state index contributed by atoms with van der Waals surface area (Å²) in [7, 11) is -4.31.